The van der Waals surface area contributed by atoms with Crippen LogP contribution in [0.2, 0.25) is 0 Å². The molecule has 178 valence electrons. The largest absolute Gasteiger partial charge is 0.505 e. The average molecular weight is 463 g/mol. The summed E-state index contributed by atoms with van der Waals surface area (Å²) in [7, 11) is 3.93. The first kappa shape index (κ1) is 23.5. The summed E-state index contributed by atoms with van der Waals surface area (Å²) < 4.78 is 7.29. The molecule has 1 saturated heterocycles. The number of pyridine rings is 1. The molecule has 1 aliphatic heterocycles. The number of aliphatic hydroxyl groups excluding tert-OH is 1. The topological polar surface area (TPSA) is 87.4 Å². The number of ether oxygens (including phenoxy) is 1. The van der Waals surface area contributed by atoms with Gasteiger partial charge in [-0.15, -0.1) is 0 Å². The van der Waals surface area contributed by atoms with Crippen molar-refractivity contribution >= 4 is 23.1 Å². The van der Waals surface area contributed by atoms with Gasteiger partial charge in [0.15, 0.2) is 5.76 Å². The van der Waals surface area contributed by atoms with Gasteiger partial charge in [0.25, 0.3) is 11.7 Å². The highest BCUT2D eigenvalue weighted by Crippen LogP contribution is 2.40. The zero-order valence-corrected chi connectivity index (χ0v) is 20.0. The van der Waals surface area contributed by atoms with E-state index in [9.17, 15) is 14.7 Å². The minimum atomic E-state index is -0.702. The van der Waals surface area contributed by atoms with Crippen LogP contribution in [0.25, 0.3) is 11.4 Å². The first-order chi connectivity index (χ1) is 16.3. The third kappa shape index (κ3) is 4.28. The molecule has 1 aromatic carbocycles. The van der Waals surface area contributed by atoms with Gasteiger partial charge in [-0.2, -0.15) is 0 Å². The molecule has 3 aromatic rings. The van der Waals surface area contributed by atoms with Crippen molar-refractivity contribution in [3.63, 3.8) is 0 Å². The van der Waals surface area contributed by atoms with E-state index in [1.165, 1.54) is 0 Å². The van der Waals surface area contributed by atoms with Crippen LogP contribution < -0.4 is 4.74 Å². The van der Waals surface area contributed by atoms with Crippen molar-refractivity contribution in [3.8, 4) is 5.75 Å². The lowest BCUT2D eigenvalue weighted by Crippen LogP contribution is -2.32. The SMILES string of the molecule is CCOc1ccc([C@@H]2/C(=C(\O)c3c(C)nc4ccccn34)C(=O)C(=O)N2CCCN(C)C)cc1. The normalized spacial score (nSPS) is 17.8. The molecule has 3 heterocycles. The highest BCUT2D eigenvalue weighted by atomic mass is 16.5. The van der Waals surface area contributed by atoms with Crippen molar-refractivity contribution in [2.45, 2.75) is 26.3 Å². The van der Waals surface area contributed by atoms with E-state index < -0.39 is 17.7 Å². The molecular formula is C26H30N4O4. The number of ketones is 1. The molecule has 1 N–H and O–H groups in total. The van der Waals surface area contributed by atoms with Gasteiger partial charge in [0, 0.05) is 12.7 Å². The molecule has 4 rings (SSSR count). The molecule has 0 saturated carbocycles. The summed E-state index contributed by atoms with van der Waals surface area (Å²) in [6, 6.07) is 12.1. The maximum absolute atomic E-state index is 13.3. The molecule has 0 radical (unpaired) electrons. The van der Waals surface area contributed by atoms with E-state index in [0.29, 0.717) is 42.4 Å². The number of hydrogen-bond donors (Lipinski definition) is 1. The smallest absolute Gasteiger partial charge is 0.295 e. The van der Waals surface area contributed by atoms with Gasteiger partial charge in [-0.1, -0.05) is 18.2 Å². The van der Waals surface area contributed by atoms with Crippen molar-refractivity contribution < 1.29 is 19.4 Å². The van der Waals surface area contributed by atoms with Crippen LogP contribution in [0.1, 0.15) is 36.3 Å². The molecule has 1 aliphatic rings. The number of aromatic nitrogens is 2. The number of fused-ring (bicyclic) bond motifs is 1. The Labute approximate surface area is 199 Å². The maximum atomic E-state index is 13.3. The lowest BCUT2D eigenvalue weighted by atomic mass is 9.96. The van der Waals surface area contributed by atoms with E-state index in [2.05, 4.69) is 4.98 Å². The highest BCUT2D eigenvalue weighted by Gasteiger charge is 2.46. The fourth-order valence-electron chi connectivity index (χ4n) is 4.45. The number of aliphatic hydroxyl groups is 1. The number of hydrogen-bond acceptors (Lipinski definition) is 6. The van der Waals surface area contributed by atoms with Gasteiger partial charge in [-0.3, -0.25) is 14.0 Å². The first-order valence-corrected chi connectivity index (χ1v) is 11.4. The van der Waals surface area contributed by atoms with Gasteiger partial charge in [0.2, 0.25) is 0 Å². The molecule has 1 fully saturated rings. The Bertz CT molecular complexity index is 1240. The second-order valence-electron chi connectivity index (χ2n) is 8.63. The summed E-state index contributed by atoms with van der Waals surface area (Å²) in [4.78, 5) is 34.5. The van der Waals surface area contributed by atoms with E-state index in [-0.39, 0.29) is 11.3 Å². The minimum Gasteiger partial charge on any atom is -0.505 e. The molecule has 34 heavy (non-hydrogen) atoms. The van der Waals surface area contributed by atoms with Gasteiger partial charge in [-0.05, 0) is 70.7 Å². The molecule has 2 aromatic heterocycles. The summed E-state index contributed by atoms with van der Waals surface area (Å²) in [6.45, 7) is 5.39. The van der Waals surface area contributed by atoms with Crippen LogP contribution in [0.3, 0.4) is 0 Å². The Balaban J connectivity index is 1.85. The van der Waals surface area contributed by atoms with Crippen LogP contribution in [-0.4, -0.2) is 69.8 Å². The van der Waals surface area contributed by atoms with Gasteiger partial charge in [0.1, 0.15) is 17.1 Å². The van der Waals surface area contributed by atoms with E-state index in [1.807, 2.05) is 68.4 Å². The molecule has 8 nitrogen and oxygen atoms in total. The number of amides is 1. The van der Waals surface area contributed by atoms with Crippen molar-refractivity contribution in [2.24, 2.45) is 0 Å². The number of likely N-dealkylation sites (tertiary alicyclic amines) is 1. The molecule has 0 unspecified atom stereocenters. The van der Waals surface area contributed by atoms with E-state index >= 15 is 0 Å². The predicted octanol–water partition coefficient (Wildman–Crippen LogP) is 3.41. The van der Waals surface area contributed by atoms with Crippen LogP contribution in [0.5, 0.6) is 5.75 Å². The Morgan fingerprint density at radius 3 is 2.56 bits per heavy atom. The predicted molar refractivity (Wildman–Crippen MR) is 130 cm³/mol. The minimum absolute atomic E-state index is 0.0766. The second-order valence-corrected chi connectivity index (χ2v) is 8.63. The van der Waals surface area contributed by atoms with Crippen molar-refractivity contribution in [2.75, 3.05) is 33.8 Å². The summed E-state index contributed by atoms with van der Waals surface area (Å²) in [5.74, 6) is -0.811. The Kier molecular flexibility index (Phi) is 6.70. The fraction of sp³-hybridized carbons (Fsp3) is 0.346. The highest BCUT2D eigenvalue weighted by molar-refractivity contribution is 6.46. The van der Waals surface area contributed by atoms with Crippen LogP contribution in [-0.2, 0) is 9.59 Å². The molecule has 0 aliphatic carbocycles. The Morgan fingerprint density at radius 2 is 1.88 bits per heavy atom. The number of aryl methyl sites for hydroxylation is 1. The number of nitrogens with zero attached hydrogens (tertiary/aromatic N) is 4. The quantitative estimate of drug-likeness (QED) is 0.314. The van der Waals surface area contributed by atoms with Crippen molar-refractivity contribution in [3.05, 3.63) is 71.2 Å². The zero-order chi connectivity index (χ0) is 24.4. The van der Waals surface area contributed by atoms with Gasteiger partial charge >= 0.3 is 0 Å². The first-order valence-electron chi connectivity index (χ1n) is 11.4. The second kappa shape index (κ2) is 9.69. The van der Waals surface area contributed by atoms with Crippen molar-refractivity contribution in [1.29, 1.82) is 0 Å². The lowest BCUT2D eigenvalue weighted by Gasteiger charge is -2.26. The Hall–Kier alpha value is -3.65. The fourth-order valence-corrected chi connectivity index (χ4v) is 4.45. The van der Waals surface area contributed by atoms with Crippen LogP contribution in [0, 0.1) is 6.92 Å². The summed E-state index contributed by atoms with van der Waals surface area (Å²) in [5, 5.41) is 11.5. The van der Waals surface area contributed by atoms with Crippen LogP contribution >= 0.6 is 0 Å². The third-order valence-corrected chi connectivity index (χ3v) is 5.98. The lowest BCUT2D eigenvalue weighted by molar-refractivity contribution is -0.139. The number of carbonyl (C=O) groups is 2. The molecular weight excluding hydrogens is 432 g/mol. The summed E-state index contributed by atoms with van der Waals surface area (Å²) >= 11 is 0. The van der Waals surface area contributed by atoms with E-state index in [4.69, 9.17) is 4.74 Å². The number of carbonyl (C=O) groups excluding carboxylic acids is 2. The standard InChI is InChI=1S/C26H30N4O4/c1-5-34-19-12-10-18(11-13-19)23-21(25(32)26(33)30(23)16-8-14-28(3)4)24(31)22-17(2)27-20-9-6-7-15-29(20)22/h6-7,9-13,15,23,31H,5,8,14,16H2,1-4H3/b24-21+/t23-/m1/s1. The molecule has 1 atom stereocenters. The maximum Gasteiger partial charge on any atom is 0.295 e. The molecule has 0 spiro atoms. The summed E-state index contributed by atoms with van der Waals surface area (Å²) in [6.07, 6.45) is 2.48. The number of imidazole rings is 1. The van der Waals surface area contributed by atoms with Gasteiger partial charge in [-0.25, -0.2) is 4.98 Å². The number of Topliss-reactive ketones (excluding diaryl/α,β-unsaturated/α-hetero) is 1. The van der Waals surface area contributed by atoms with E-state index in [1.54, 1.807) is 22.4 Å². The Morgan fingerprint density at radius 1 is 1.15 bits per heavy atom. The molecule has 8 heteroatoms. The summed E-state index contributed by atoms with van der Waals surface area (Å²) in [5.41, 5.74) is 2.46. The van der Waals surface area contributed by atoms with Gasteiger partial charge in [0.05, 0.1) is 23.9 Å². The number of benzene rings is 1. The van der Waals surface area contributed by atoms with E-state index in [0.717, 1.165) is 12.1 Å². The third-order valence-electron chi connectivity index (χ3n) is 5.98. The van der Waals surface area contributed by atoms with Crippen molar-refractivity contribution in [1.82, 2.24) is 19.2 Å². The monoisotopic (exact) mass is 462 g/mol. The van der Waals surface area contributed by atoms with Crippen LogP contribution in [0.15, 0.2) is 54.2 Å². The molecule has 1 amide bonds. The zero-order valence-electron chi connectivity index (χ0n) is 20.0. The van der Waals surface area contributed by atoms with Gasteiger partial charge < -0.3 is 19.6 Å². The van der Waals surface area contributed by atoms with Crippen LogP contribution in [0.4, 0.5) is 0 Å². The molecule has 0 bridgehead atoms. The number of rotatable bonds is 8. The average Bonchev–Trinajstić information content (AvgIpc) is 3.27.